The van der Waals surface area contributed by atoms with E-state index in [9.17, 15) is 13.2 Å². The van der Waals surface area contributed by atoms with E-state index in [1.54, 1.807) is 0 Å². The monoisotopic (exact) mass is 492 g/mol. The van der Waals surface area contributed by atoms with Gasteiger partial charge in [-0.25, -0.2) is 0 Å². The van der Waals surface area contributed by atoms with E-state index in [0.717, 1.165) is 39.5 Å². The van der Waals surface area contributed by atoms with Gasteiger partial charge in [-0.05, 0) is 90.7 Å². The lowest BCUT2D eigenvalue weighted by Gasteiger charge is -2.62. The van der Waals surface area contributed by atoms with Gasteiger partial charge < -0.3 is 5.32 Å². The molecule has 1 aromatic rings. The molecule has 0 aliphatic heterocycles. The molecule has 7 heteroatoms. The zero-order valence-corrected chi connectivity index (χ0v) is 17.5. The molecule has 1 N–H and O–H groups in total. The summed E-state index contributed by atoms with van der Waals surface area (Å²) in [4.78, 5) is 4.09. The molecule has 0 saturated heterocycles. The Morgan fingerprint density at radius 3 is 2.38 bits per heavy atom. The Labute approximate surface area is 168 Å². The molecule has 0 amide bonds. The Hall–Kier alpha value is -0.400. The summed E-state index contributed by atoms with van der Waals surface area (Å²) in [6.07, 6.45) is -0.590. The number of aliphatic imine (C=N–C) groups is 1. The number of hydrogen-bond donors (Lipinski definition) is 1. The number of alkyl halides is 3. The molecule has 5 rings (SSSR count). The number of hydrogen-bond acceptors (Lipinski definition) is 2. The Morgan fingerprint density at radius 2 is 1.81 bits per heavy atom. The van der Waals surface area contributed by atoms with E-state index >= 15 is 0 Å². The van der Waals surface area contributed by atoms with Crippen LogP contribution in [-0.2, 0) is 6.54 Å². The minimum atomic E-state index is -4.11. The van der Waals surface area contributed by atoms with Gasteiger partial charge in [-0.1, -0.05) is 15.9 Å². The normalized spacial score (nSPS) is 35.7. The van der Waals surface area contributed by atoms with Crippen molar-refractivity contribution < 1.29 is 13.2 Å². The third-order valence-electron chi connectivity index (χ3n) is 6.58. The highest BCUT2D eigenvalue weighted by Crippen LogP contribution is 2.66. The molecule has 4 bridgehead atoms. The highest BCUT2D eigenvalue weighted by atomic mass is 79.9. The number of nitrogens with one attached hydrogen (secondary N) is 1. The smallest absolute Gasteiger partial charge is 0.307 e. The lowest BCUT2D eigenvalue weighted by atomic mass is 9.46. The van der Waals surface area contributed by atoms with Gasteiger partial charge >= 0.3 is 6.18 Å². The maximum Gasteiger partial charge on any atom is 0.394 e. The third kappa shape index (κ3) is 3.08. The molecule has 26 heavy (non-hydrogen) atoms. The van der Waals surface area contributed by atoms with Crippen LogP contribution in [0.2, 0.25) is 0 Å². The van der Waals surface area contributed by atoms with Gasteiger partial charge in [0.05, 0.1) is 11.1 Å². The molecule has 2 unspecified atom stereocenters. The fraction of sp³-hybridized carbons (Fsp3) is 0.632. The summed E-state index contributed by atoms with van der Waals surface area (Å²) in [5.74, 6) is 0.383. The first kappa shape index (κ1) is 18.9. The van der Waals surface area contributed by atoms with Crippen molar-refractivity contribution in [2.24, 2.45) is 22.2 Å². The molecule has 4 aliphatic carbocycles. The van der Waals surface area contributed by atoms with Crippen molar-refractivity contribution in [2.45, 2.75) is 56.8 Å². The van der Waals surface area contributed by atoms with Crippen molar-refractivity contribution >= 4 is 44.3 Å². The standard InChI is InChI=1S/C19H21Br2F3N2/c1-25-16-13(3-14(20)4-15(16)21)9-26-18-7-11-2-12(8-18)6-17(5-11,10-18)19(22,23)24/h3-4,11-12,26H,1-2,5-10H2. The molecule has 0 heterocycles. The van der Waals surface area contributed by atoms with Crippen molar-refractivity contribution in [3.05, 3.63) is 26.6 Å². The molecule has 0 spiro atoms. The number of nitrogens with zero attached hydrogens (tertiary/aromatic N) is 1. The molecular formula is C19H21Br2F3N2. The number of rotatable bonds is 4. The van der Waals surface area contributed by atoms with Crippen LogP contribution in [0.15, 0.2) is 26.1 Å². The van der Waals surface area contributed by atoms with Crippen LogP contribution in [0.5, 0.6) is 0 Å². The fourth-order valence-electron chi connectivity index (χ4n) is 6.01. The lowest BCUT2D eigenvalue weighted by molar-refractivity contribution is -0.278. The zero-order valence-electron chi connectivity index (χ0n) is 14.3. The van der Waals surface area contributed by atoms with E-state index in [1.165, 1.54) is 0 Å². The number of benzene rings is 1. The quantitative estimate of drug-likeness (QED) is 0.473. The molecule has 4 fully saturated rings. The molecule has 4 saturated carbocycles. The van der Waals surface area contributed by atoms with Crippen molar-refractivity contribution in [2.75, 3.05) is 0 Å². The highest BCUT2D eigenvalue weighted by molar-refractivity contribution is 9.11. The molecule has 0 radical (unpaired) electrons. The average Bonchev–Trinajstić information content (AvgIpc) is 2.50. The van der Waals surface area contributed by atoms with Gasteiger partial charge in [-0.3, -0.25) is 4.99 Å². The van der Waals surface area contributed by atoms with Crippen LogP contribution in [-0.4, -0.2) is 18.4 Å². The Morgan fingerprint density at radius 1 is 1.15 bits per heavy atom. The predicted molar refractivity (Wildman–Crippen MR) is 104 cm³/mol. The summed E-state index contributed by atoms with van der Waals surface area (Å²) < 4.78 is 43.4. The molecule has 1 aromatic carbocycles. The van der Waals surface area contributed by atoms with Gasteiger partial charge in [0.2, 0.25) is 0 Å². The van der Waals surface area contributed by atoms with Gasteiger partial charge in [-0.2, -0.15) is 13.2 Å². The van der Waals surface area contributed by atoms with E-state index < -0.39 is 17.1 Å². The van der Waals surface area contributed by atoms with E-state index in [4.69, 9.17) is 0 Å². The Kier molecular flexibility index (Phi) is 4.60. The summed E-state index contributed by atoms with van der Waals surface area (Å²) in [6.45, 7) is 4.13. The molecule has 0 aromatic heterocycles. The minimum absolute atomic E-state index is 0.191. The molecule has 142 valence electrons. The van der Waals surface area contributed by atoms with Crippen LogP contribution in [0.4, 0.5) is 18.9 Å². The highest BCUT2D eigenvalue weighted by Gasteiger charge is 2.67. The molecular weight excluding hydrogens is 473 g/mol. The van der Waals surface area contributed by atoms with Crippen LogP contribution in [0, 0.1) is 17.3 Å². The van der Waals surface area contributed by atoms with Crippen molar-refractivity contribution in [1.82, 2.24) is 5.32 Å². The van der Waals surface area contributed by atoms with E-state index in [1.807, 2.05) is 12.1 Å². The summed E-state index contributed by atoms with van der Waals surface area (Å²) >= 11 is 6.96. The van der Waals surface area contributed by atoms with Crippen LogP contribution >= 0.6 is 31.9 Å². The van der Waals surface area contributed by atoms with Crippen LogP contribution < -0.4 is 5.32 Å². The van der Waals surface area contributed by atoms with Crippen LogP contribution in [0.3, 0.4) is 0 Å². The van der Waals surface area contributed by atoms with E-state index in [0.29, 0.717) is 19.4 Å². The first-order valence-electron chi connectivity index (χ1n) is 8.92. The second-order valence-electron chi connectivity index (χ2n) is 8.43. The van der Waals surface area contributed by atoms with Crippen LogP contribution in [0.25, 0.3) is 0 Å². The van der Waals surface area contributed by atoms with Gasteiger partial charge in [0.1, 0.15) is 0 Å². The predicted octanol–water partition coefficient (Wildman–Crippen LogP) is 6.53. The van der Waals surface area contributed by atoms with Crippen molar-refractivity contribution in [3.8, 4) is 0 Å². The van der Waals surface area contributed by atoms with Gasteiger partial charge in [0.25, 0.3) is 0 Å². The zero-order chi connectivity index (χ0) is 18.7. The summed E-state index contributed by atoms with van der Waals surface area (Å²) in [7, 11) is 0. The average molecular weight is 494 g/mol. The maximum atomic E-state index is 13.9. The number of halogens is 5. The largest absolute Gasteiger partial charge is 0.394 e. The van der Waals surface area contributed by atoms with Gasteiger partial charge in [0.15, 0.2) is 0 Å². The topological polar surface area (TPSA) is 24.4 Å². The van der Waals surface area contributed by atoms with Crippen LogP contribution in [0.1, 0.15) is 44.1 Å². The Bertz CT molecular complexity index is 733. The maximum absolute atomic E-state index is 13.9. The minimum Gasteiger partial charge on any atom is -0.307 e. The molecule has 4 aliphatic rings. The SMILES string of the molecule is C=Nc1c(Br)cc(Br)cc1CNC12CC3CC(C1)CC(C(F)(F)F)(C3)C2. The molecule has 2 nitrogen and oxygen atoms in total. The second-order valence-corrected chi connectivity index (χ2v) is 10.2. The molecule has 2 atom stereocenters. The summed E-state index contributed by atoms with van der Waals surface area (Å²) in [6, 6.07) is 3.86. The van der Waals surface area contributed by atoms with Gasteiger partial charge in [-0.15, -0.1) is 0 Å². The Balaban J connectivity index is 1.60. The third-order valence-corrected chi connectivity index (χ3v) is 7.64. The van der Waals surface area contributed by atoms with Gasteiger partial charge in [0, 0.05) is 21.0 Å². The van der Waals surface area contributed by atoms with Crippen molar-refractivity contribution in [3.63, 3.8) is 0 Å². The lowest BCUT2D eigenvalue weighted by Crippen LogP contribution is -2.65. The van der Waals surface area contributed by atoms with E-state index in [-0.39, 0.29) is 18.3 Å². The summed E-state index contributed by atoms with van der Waals surface area (Å²) in [5.41, 5.74) is -0.206. The van der Waals surface area contributed by atoms with E-state index in [2.05, 4.69) is 48.9 Å². The first-order valence-corrected chi connectivity index (χ1v) is 10.5. The first-order chi connectivity index (χ1) is 12.2. The summed E-state index contributed by atoms with van der Waals surface area (Å²) in [5, 5.41) is 3.54. The second kappa shape index (κ2) is 6.31. The fourth-order valence-corrected chi connectivity index (χ4v) is 7.45. The van der Waals surface area contributed by atoms with Crippen molar-refractivity contribution in [1.29, 1.82) is 0 Å².